The maximum atomic E-state index is 13.6. The summed E-state index contributed by atoms with van der Waals surface area (Å²) in [5.74, 6) is 0. The Bertz CT molecular complexity index is 949. The number of aromatic nitrogens is 2. The van der Waals surface area contributed by atoms with Crippen molar-refractivity contribution in [1.29, 1.82) is 0 Å². The largest absolute Gasteiger partial charge is 0.296 e. The van der Waals surface area contributed by atoms with E-state index >= 15 is 0 Å². The van der Waals surface area contributed by atoms with Gasteiger partial charge in [-0.25, -0.2) is 8.42 Å². The van der Waals surface area contributed by atoms with Crippen LogP contribution in [-0.2, 0) is 22.0 Å². The van der Waals surface area contributed by atoms with Gasteiger partial charge in [-0.3, -0.25) is 9.58 Å². The second-order valence-corrected chi connectivity index (χ2v) is 11.6. The van der Waals surface area contributed by atoms with Crippen molar-refractivity contribution in [3.63, 3.8) is 0 Å². The molecule has 2 heterocycles. The lowest BCUT2D eigenvalue weighted by Gasteiger charge is -2.34. The van der Waals surface area contributed by atoms with E-state index in [9.17, 15) is 8.42 Å². The molecule has 0 bridgehead atoms. The zero-order valence-electron chi connectivity index (χ0n) is 18.4. The lowest BCUT2D eigenvalue weighted by atomic mass is 9.92. The molecule has 1 aliphatic heterocycles. The minimum atomic E-state index is -3.56. The number of sulfonamides is 1. The summed E-state index contributed by atoms with van der Waals surface area (Å²) in [6, 6.07) is 10.7. The molecule has 0 atom stereocenters. The van der Waals surface area contributed by atoms with Gasteiger partial charge >= 0.3 is 0 Å². The predicted octanol–water partition coefficient (Wildman–Crippen LogP) is 3.80. The van der Waals surface area contributed by atoms with E-state index in [-0.39, 0.29) is 5.41 Å². The molecule has 4 rings (SSSR count). The minimum absolute atomic E-state index is 0.318. The number of nitrogens with zero attached hydrogens (tertiary/aromatic N) is 4. The first-order chi connectivity index (χ1) is 14.2. The molecule has 7 heteroatoms. The van der Waals surface area contributed by atoms with E-state index in [1.54, 1.807) is 4.31 Å². The molecule has 0 unspecified atom stereocenters. The molecule has 2 aliphatic rings. The standard InChI is InChI=1S/C23H34N4O2S/c1-23(2,3)22-21(18-27(24-22)20-11-7-8-12-20)30(28,29)26-15-13-25(14-16-26)17-19-9-5-4-6-10-19/h4-6,9-10,18,20H,7-8,11-17H2,1-3H3. The van der Waals surface area contributed by atoms with Gasteiger partial charge in [0.2, 0.25) is 10.0 Å². The Morgan fingerprint density at radius 3 is 2.23 bits per heavy atom. The fourth-order valence-electron chi connectivity index (χ4n) is 4.55. The number of benzene rings is 1. The van der Waals surface area contributed by atoms with Crippen LogP contribution in [-0.4, -0.2) is 53.6 Å². The van der Waals surface area contributed by atoms with E-state index in [2.05, 4.69) is 17.0 Å². The molecule has 1 saturated carbocycles. The SMILES string of the molecule is CC(C)(C)c1nn(C2CCCC2)cc1S(=O)(=O)N1CCN(Cc2ccccc2)CC1. The molecular weight excluding hydrogens is 396 g/mol. The zero-order chi connectivity index (χ0) is 21.4. The first kappa shape index (κ1) is 21.5. The van der Waals surface area contributed by atoms with E-state index in [0.29, 0.717) is 29.7 Å². The Morgan fingerprint density at radius 1 is 1.00 bits per heavy atom. The van der Waals surface area contributed by atoms with Crippen molar-refractivity contribution in [3.8, 4) is 0 Å². The fraction of sp³-hybridized carbons (Fsp3) is 0.609. The molecule has 0 spiro atoms. The van der Waals surface area contributed by atoms with Gasteiger partial charge in [0, 0.05) is 44.3 Å². The summed E-state index contributed by atoms with van der Waals surface area (Å²) in [4.78, 5) is 2.73. The number of piperazine rings is 1. The second kappa shape index (κ2) is 8.44. The van der Waals surface area contributed by atoms with Gasteiger partial charge in [0.15, 0.2) is 0 Å². The lowest BCUT2D eigenvalue weighted by molar-refractivity contribution is 0.181. The summed E-state index contributed by atoms with van der Waals surface area (Å²) in [5, 5.41) is 4.80. The Hall–Kier alpha value is -1.70. The lowest BCUT2D eigenvalue weighted by Crippen LogP contribution is -2.48. The van der Waals surface area contributed by atoms with Crippen LogP contribution in [0.5, 0.6) is 0 Å². The van der Waals surface area contributed by atoms with Crippen molar-refractivity contribution in [2.24, 2.45) is 0 Å². The number of hydrogen-bond acceptors (Lipinski definition) is 4. The summed E-state index contributed by atoms with van der Waals surface area (Å²) in [7, 11) is -3.56. The maximum Gasteiger partial charge on any atom is 0.246 e. The number of hydrogen-bond donors (Lipinski definition) is 0. The average molecular weight is 431 g/mol. The monoisotopic (exact) mass is 430 g/mol. The normalized spacial score (nSPS) is 20.1. The van der Waals surface area contributed by atoms with Gasteiger partial charge in [0.1, 0.15) is 4.90 Å². The van der Waals surface area contributed by atoms with Crippen LogP contribution >= 0.6 is 0 Å². The van der Waals surface area contributed by atoms with Crippen LogP contribution in [0.15, 0.2) is 41.4 Å². The van der Waals surface area contributed by atoms with Gasteiger partial charge < -0.3 is 0 Å². The molecular formula is C23H34N4O2S. The fourth-order valence-corrected chi connectivity index (χ4v) is 6.30. The summed E-state index contributed by atoms with van der Waals surface area (Å²) in [5.41, 5.74) is 1.64. The Balaban J connectivity index is 1.52. The summed E-state index contributed by atoms with van der Waals surface area (Å²) in [6.07, 6.45) is 6.37. The van der Waals surface area contributed by atoms with Crippen molar-refractivity contribution in [1.82, 2.24) is 19.0 Å². The molecule has 1 saturated heterocycles. The highest BCUT2D eigenvalue weighted by atomic mass is 32.2. The molecule has 1 aromatic heterocycles. The molecule has 1 aromatic carbocycles. The van der Waals surface area contributed by atoms with Gasteiger partial charge in [-0.1, -0.05) is 63.9 Å². The van der Waals surface area contributed by atoms with E-state index in [1.165, 1.54) is 18.4 Å². The summed E-state index contributed by atoms with van der Waals surface area (Å²) < 4.78 is 30.8. The highest BCUT2D eigenvalue weighted by Gasteiger charge is 2.36. The Kier molecular flexibility index (Phi) is 6.06. The highest BCUT2D eigenvalue weighted by Crippen LogP contribution is 2.35. The van der Waals surface area contributed by atoms with Gasteiger partial charge in [-0.2, -0.15) is 9.40 Å². The van der Waals surface area contributed by atoms with E-state index < -0.39 is 10.0 Å². The molecule has 0 N–H and O–H groups in total. The van der Waals surface area contributed by atoms with Gasteiger partial charge in [0.25, 0.3) is 0 Å². The molecule has 2 fully saturated rings. The van der Waals surface area contributed by atoms with Crippen molar-refractivity contribution in [2.75, 3.05) is 26.2 Å². The van der Waals surface area contributed by atoms with Crippen LogP contribution in [0.1, 0.15) is 63.8 Å². The smallest absolute Gasteiger partial charge is 0.246 e. The molecule has 30 heavy (non-hydrogen) atoms. The van der Waals surface area contributed by atoms with Crippen LogP contribution in [0.25, 0.3) is 0 Å². The molecule has 164 valence electrons. The van der Waals surface area contributed by atoms with Crippen molar-refractivity contribution in [2.45, 2.75) is 69.4 Å². The molecule has 1 aliphatic carbocycles. The van der Waals surface area contributed by atoms with Crippen molar-refractivity contribution >= 4 is 10.0 Å². The van der Waals surface area contributed by atoms with E-state index in [4.69, 9.17) is 5.10 Å². The molecule has 0 radical (unpaired) electrons. The van der Waals surface area contributed by atoms with E-state index in [1.807, 2.05) is 49.8 Å². The quantitative estimate of drug-likeness (QED) is 0.724. The average Bonchev–Trinajstić information content (AvgIpc) is 3.39. The third-order valence-corrected chi connectivity index (χ3v) is 8.21. The zero-order valence-corrected chi connectivity index (χ0v) is 19.2. The van der Waals surface area contributed by atoms with E-state index in [0.717, 1.165) is 32.5 Å². The van der Waals surface area contributed by atoms with Gasteiger partial charge in [-0.05, 0) is 18.4 Å². The van der Waals surface area contributed by atoms with Crippen LogP contribution in [0.2, 0.25) is 0 Å². The van der Waals surface area contributed by atoms with Crippen LogP contribution < -0.4 is 0 Å². The third-order valence-electron chi connectivity index (χ3n) is 6.31. The Morgan fingerprint density at radius 2 is 1.63 bits per heavy atom. The number of rotatable bonds is 5. The minimum Gasteiger partial charge on any atom is -0.296 e. The summed E-state index contributed by atoms with van der Waals surface area (Å²) in [6.45, 7) is 9.54. The predicted molar refractivity (Wildman–Crippen MR) is 119 cm³/mol. The molecule has 6 nitrogen and oxygen atoms in total. The van der Waals surface area contributed by atoms with Crippen LogP contribution in [0.4, 0.5) is 0 Å². The highest BCUT2D eigenvalue weighted by molar-refractivity contribution is 7.89. The maximum absolute atomic E-state index is 13.6. The van der Waals surface area contributed by atoms with Crippen LogP contribution in [0, 0.1) is 0 Å². The Labute approximate surface area is 180 Å². The molecule has 2 aromatic rings. The van der Waals surface area contributed by atoms with Crippen molar-refractivity contribution < 1.29 is 8.42 Å². The summed E-state index contributed by atoms with van der Waals surface area (Å²) >= 11 is 0. The second-order valence-electron chi connectivity index (χ2n) is 9.68. The first-order valence-corrected chi connectivity index (χ1v) is 12.6. The van der Waals surface area contributed by atoms with Gasteiger partial charge in [0.05, 0.1) is 11.7 Å². The topological polar surface area (TPSA) is 58.4 Å². The van der Waals surface area contributed by atoms with Crippen LogP contribution in [0.3, 0.4) is 0 Å². The third kappa shape index (κ3) is 4.48. The first-order valence-electron chi connectivity index (χ1n) is 11.1. The van der Waals surface area contributed by atoms with Gasteiger partial charge in [-0.15, -0.1) is 0 Å². The molecule has 0 amide bonds. The van der Waals surface area contributed by atoms with Crippen molar-refractivity contribution in [3.05, 3.63) is 47.8 Å².